The first-order valence-corrected chi connectivity index (χ1v) is 9.14. The Hall–Kier alpha value is -2.66. The van der Waals surface area contributed by atoms with Gasteiger partial charge in [-0.3, -0.25) is 20.2 Å². The van der Waals surface area contributed by atoms with Crippen LogP contribution in [-0.2, 0) is 33.4 Å². The molecule has 0 amide bonds. The Bertz CT molecular complexity index is 1130. The Balaban J connectivity index is 0.00000289. The van der Waals surface area contributed by atoms with Gasteiger partial charge in [-0.2, -0.15) is 26.3 Å². The zero-order valence-corrected chi connectivity index (χ0v) is 18.4. The Labute approximate surface area is 194 Å². The van der Waals surface area contributed by atoms with Crippen LogP contribution in [0.25, 0.3) is 11.6 Å². The zero-order chi connectivity index (χ0) is 22.2. The van der Waals surface area contributed by atoms with Crippen molar-refractivity contribution in [1.29, 1.82) is 0 Å². The normalized spacial score (nSPS) is 11.9. The smallest absolute Gasteiger partial charge is 0.343 e. The van der Waals surface area contributed by atoms with E-state index in [0.29, 0.717) is 22.2 Å². The van der Waals surface area contributed by atoms with Gasteiger partial charge < -0.3 is 9.36 Å². The molecule has 0 spiro atoms. The van der Waals surface area contributed by atoms with Gasteiger partial charge in [0.1, 0.15) is 0 Å². The maximum atomic E-state index is 12.7. The van der Waals surface area contributed by atoms with Gasteiger partial charge in [-0.05, 0) is 12.1 Å². The quantitative estimate of drug-likeness (QED) is 0.239. The predicted molar refractivity (Wildman–Crippen MR) is 94.5 cm³/mol. The second-order valence-corrected chi connectivity index (χ2v) is 6.95. The largest absolute Gasteiger partial charge is 2.00 e. The number of hydrogen-bond acceptors (Lipinski definition) is 5. The third-order valence-corrected chi connectivity index (χ3v) is 4.58. The van der Waals surface area contributed by atoms with Gasteiger partial charge in [-0.25, -0.2) is 0 Å². The first-order chi connectivity index (χ1) is 14.6. The summed E-state index contributed by atoms with van der Waals surface area (Å²) in [6, 6.07) is 10.6. The fourth-order valence-electron chi connectivity index (χ4n) is 2.35. The maximum Gasteiger partial charge on any atom is 2.00 e. The summed E-state index contributed by atoms with van der Waals surface area (Å²) >= 11 is 1.05. The van der Waals surface area contributed by atoms with Gasteiger partial charge in [0.05, 0.1) is 33.1 Å². The van der Waals surface area contributed by atoms with E-state index in [0.717, 1.165) is 21.1 Å². The number of pyridine rings is 2. The van der Waals surface area contributed by atoms with Gasteiger partial charge in [-0.1, -0.05) is 48.4 Å². The van der Waals surface area contributed by atoms with E-state index in [2.05, 4.69) is 32.6 Å². The van der Waals surface area contributed by atoms with Crippen LogP contribution in [0.15, 0.2) is 58.6 Å². The molecule has 0 fully saturated rings. The SMILES string of the molecule is FC(F)(F)c1c[c-]n(-c2cccc(Sc3cccc(-n4[c-]cc(C(F)(F)F)n4)n3)n2)n1.[Pt+2]. The molecule has 0 unspecified atom stereocenters. The molecule has 0 atom stereocenters. The van der Waals surface area contributed by atoms with Gasteiger partial charge in [0, 0.05) is 0 Å². The Morgan fingerprint density at radius 2 is 1.09 bits per heavy atom. The van der Waals surface area contributed by atoms with Crippen molar-refractivity contribution in [1.82, 2.24) is 29.5 Å². The molecule has 32 heavy (non-hydrogen) atoms. The maximum absolute atomic E-state index is 12.7. The summed E-state index contributed by atoms with van der Waals surface area (Å²) < 4.78 is 78.1. The molecule has 4 aromatic heterocycles. The van der Waals surface area contributed by atoms with Crippen LogP contribution in [0.1, 0.15) is 11.4 Å². The van der Waals surface area contributed by atoms with Crippen LogP contribution in [0.5, 0.6) is 0 Å². The monoisotopic (exact) mass is 649 g/mol. The molecule has 0 aliphatic carbocycles. The average Bonchev–Trinajstić information content (AvgIpc) is 3.38. The van der Waals surface area contributed by atoms with Crippen LogP contribution in [0.2, 0.25) is 0 Å². The minimum absolute atomic E-state index is 0. The molecule has 4 heterocycles. The van der Waals surface area contributed by atoms with E-state index in [-0.39, 0.29) is 32.7 Å². The molecule has 0 N–H and O–H groups in total. The molecule has 0 saturated carbocycles. The number of aromatic nitrogens is 6. The van der Waals surface area contributed by atoms with Crippen LogP contribution in [0, 0.1) is 12.4 Å². The van der Waals surface area contributed by atoms with Crippen molar-refractivity contribution in [2.75, 3.05) is 0 Å². The van der Waals surface area contributed by atoms with Gasteiger partial charge in [0.2, 0.25) is 0 Å². The van der Waals surface area contributed by atoms with Crippen LogP contribution < -0.4 is 0 Å². The van der Waals surface area contributed by atoms with Crippen molar-refractivity contribution < 1.29 is 47.4 Å². The third kappa shape index (κ3) is 5.39. The van der Waals surface area contributed by atoms with Gasteiger partial charge in [0.15, 0.2) is 0 Å². The van der Waals surface area contributed by atoms with Crippen LogP contribution >= 0.6 is 11.8 Å². The number of alkyl halides is 6. The van der Waals surface area contributed by atoms with Crippen LogP contribution in [0.4, 0.5) is 26.3 Å². The van der Waals surface area contributed by atoms with E-state index in [4.69, 9.17) is 0 Å². The second-order valence-electron chi connectivity index (χ2n) is 5.91. The molecule has 14 heteroatoms. The fraction of sp³-hybridized carbons (Fsp3) is 0.111. The minimum atomic E-state index is -4.60. The summed E-state index contributed by atoms with van der Waals surface area (Å²) in [5, 5.41) is 7.58. The molecular formula is C18H8F6N6PtS. The van der Waals surface area contributed by atoms with Crippen LogP contribution in [0.3, 0.4) is 0 Å². The summed E-state index contributed by atoms with van der Waals surface area (Å²) in [5.41, 5.74) is -2.20. The van der Waals surface area contributed by atoms with Crippen molar-refractivity contribution in [2.45, 2.75) is 22.4 Å². The van der Waals surface area contributed by atoms with E-state index < -0.39 is 23.7 Å². The molecular weight excluding hydrogens is 641 g/mol. The molecule has 0 aromatic carbocycles. The Morgan fingerprint density at radius 3 is 1.44 bits per heavy atom. The molecule has 4 rings (SSSR count). The van der Waals surface area contributed by atoms with E-state index in [1.807, 2.05) is 0 Å². The number of rotatable bonds is 4. The van der Waals surface area contributed by atoms with E-state index in [1.165, 1.54) is 12.1 Å². The molecule has 4 aromatic rings. The molecule has 168 valence electrons. The second kappa shape index (κ2) is 9.06. The van der Waals surface area contributed by atoms with Crippen molar-refractivity contribution >= 4 is 11.8 Å². The minimum Gasteiger partial charge on any atom is -0.343 e. The van der Waals surface area contributed by atoms with Crippen LogP contribution in [-0.4, -0.2) is 29.5 Å². The van der Waals surface area contributed by atoms with E-state index in [9.17, 15) is 26.3 Å². The summed E-state index contributed by atoms with van der Waals surface area (Å²) in [4.78, 5) is 8.44. The standard InChI is InChI=1S/C18H8F6N6S.Pt/c19-17(20,21)11-7-9-29(27-11)13-3-1-5-15(25-13)31-16-6-2-4-14(26-16)30-10-8-12(28-30)18(22,23)24;/h1-8H;/q-2;+2. The first kappa shape index (κ1) is 24.0. The fourth-order valence-corrected chi connectivity index (χ4v) is 3.14. The van der Waals surface area contributed by atoms with Gasteiger partial charge in [-0.15, -0.1) is 12.1 Å². The predicted octanol–water partition coefficient (Wildman–Crippen LogP) is 4.63. The summed E-state index contributed by atoms with van der Waals surface area (Å²) in [6.45, 7) is 0. The Morgan fingerprint density at radius 1 is 0.688 bits per heavy atom. The molecule has 0 aliphatic rings. The summed E-state index contributed by atoms with van der Waals surface area (Å²) in [5.74, 6) is 0.207. The number of nitrogens with zero attached hydrogens (tertiary/aromatic N) is 6. The Kier molecular flexibility index (Phi) is 6.80. The summed E-state index contributed by atoms with van der Waals surface area (Å²) in [6.07, 6.45) is -4.50. The van der Waals surface area contributed by atoms with Gasteiger partial charge >= 0.3 is 33.4 Å². The molecule has 0 radical (unpaired) electrons. The molecule has 0 saturated heterocycles. The zero-order valence-electron chi connectivity index (χ0n) is 15.3. The van der Waals surface area contributed by atoms with Crippen molar-refractivity contribution in [3.8, 4) is 11.6 Å². The summed E-state index contributed by atoms with van der Waals surface area (Å²) in [7, 11) is 0. The van der Waals surface area contributed by atoms with E-state index in [1.54, 1.807) is 24.3 Å². The van der Waals surface area contributed by atoms with Crippen molar-refractivity contribution in [3.63, 3.8) is 0 Å². The topological polar surface area (TPSA) is 61.4 Å². The number of hydrogen-bond donors (Lipinski definition) is 0. The van der Waals surface area contributed by atoms with E-state index >= 15 is 0 Å². The molecule has 0 aliphatic heterocycles. The van der Waals surface area contributed by atoms with Crippen molar-refractivity contribution in [2.24, 2.45) is 0 Å². The van der Waals surface area contributed by atoms with Crippen molar-refractivity contribution in [3.05, 3.63) is 72.3 Å². The third-order valence-electron chi connectivity index (χ3n) is 3.70. The number of halogens is 6. The first-order valence-electron chi connectivity index (χ1n) is 8.32. The average molecular weight is 649 g/mol. The van der Waals surface area contributed by atoms with Gasteiger partial charge in [0.25, 0.3) is 0 Å². The molecule has 0 bridgehead atoms. The molecule has 6 nitrogen and oxygen atoms in total.